The van der Waals surface area contributed by atoms with Crippen molar-refractivity contribution in [3.05, 3.63) is 60.7 Å². The molecule has 0 unspecified atom stereocenters. The van der Waals surface area contributed by atoms with Gasteiger partial charge in [0.1, 0.15) is 0 Å². The van der Waals surface area contributed by atoms with Crippen LogP contribution in [0.3, 0.4) is 0 Å². The third kappa shape index (κ3) is 6.43. The number of rotatable bonds is 7. The molecule has 1 fully saturated rings. The summed E-state index contributed by atoms with van der Waals surface area (Å²) in [5, 5.41) is 2.93. The minimum Gasteiger partial charge on any atom is -0.342 e. The van der Waals surface area contributed by atoms with Gasteiger partial charge in [0, 0.05) is 30.1 Å². The van der Waals surface area contributed by atoms with Crippen molar-refractivity contribution in [1.29, 1.82) is 0 Å². The second-order valence-electron chi connectivity index (χ2n) is 6.88. The fourth-order valence-electron chi connectivity index (χ4n) is 3.30. The summed E-state index contributed by atoms with van der Waals surface area (Å²) in [6, 6.07) is 19.6. The van der Waals surface area contributed by atoms with Crippen LogP contribution in [0.2, 0.25) is 0 Å². The number of piperidine rings is 1. The van der Waals surface area contributed by atoms with E-state index in [1.807, 2.05) is 65.6 Å². The minimum atomic E-state index is 0.0685. The molecule has 1 aliphatic rings. The monoisotopic (exact) mass is 382 g/mol. The molecular weight excluding hydrogens is 356 g/mol. The van der Waals surface area contributed by atoms with Gasteiger partial charge >= 0.3 is 0 Å². The van der Waals surface area contributed by atoms with Crippen LogP contribution in [0.4, 0.5) is 5.69 Å². The van der Waals surface area contributed by atoms with Crippen LogP contribution >= 0.6 is 11.8 Å². The number of nitrogens with one attached hydrogen (secondary N) is 1. The molecule has 4 nitrogen and oxygen atoms in total. The van der Waals surface area contributed by atoms with Crippen molar-refractivity contribution in [2.45, 2.75) is 30.6 Å². The van der Waals surface area contributed by atoms with E-state index >= 15 is 0 Å². The van der Waals surface area contributed by atoms with Crippen LogP contribution in [0.1, 0.15) is 25.7 Å². The van der Waals surface area contributed by atoms with Gasteiger partial charge in [-0.3, -0.25) is 9.59 Å². The van der Waals surface area contributed by atoms with Gasteiger partial charge < -0.3 is 10.2 Å². The van der Waals surface area contributed by atoms with Gasteiger partial charge in [0.2, 0.25) is 11.8 Å². The van der Waals surface area contributed by atoms with Crippen molar-refractivity contribution in [1.82, 2.24) is 4.90 Å². The first-order valence-electron chi connectivity index (χ1n) is 9.51. The quantitative estimate of drug-likeness (QED) is 0.721. The molecule has 0 radical (unpaired) electrons. The number of hydrogen-bond acceptors (Lipinski definition) is 3. The number of hydrogen-bond donors (Lipinski definition) is 1. The molecule has 1 saturated heterocycles. The van der Waals surface area contributed by atoms with Crippen molar-refractivity contribution in [3.63, 3.8) is 0 Å². The Bertz CT molecular complexity index is 728. The van der Waals surface area contributed by atoms with Crippen LogP contribution in [-0.4, -0.2) is 35.6 Å². The number of para-hydroxylation sites is 1. The van der Waals surface area contributed by atoms with E-state index in [1.165, 1.54) is 0 Å². The topological polar surface area (TPSA) is 49.4 Å². The molecule has 0 atom stereocenters. The van der Waals surface area contributed by atoms with Gasteiger partial charge in [0.15, 0.2) is 0 Å². The van der Waals surface area contributed by atoms with Crippen LogP contribution in [0.15, 0.2) is 65.6 Å². The maximum Gasteiger partial charge on any atom is 0.232 e. The Balaban J connectivity index is 1.33. The van der Waals surface area contributed by atoms with Crippen molar-refractivity contribution in [2.24, 2.45) is 5.92 Å². The van der Waals surface area contributed by atoms with E-state index in [0.29, 0.717) is 18.1 Å². The lowest BCUT2D eigenvalue weighted by Gasteiger charge is -2.32. The highest BCUT2D eigenvalue weighted by atomic mass is 32.2. The van der Waals surface area contributed by atoms with Gasteiger partial charge in [0.25, 0.3) is 0 Å². The van der Waals surface area contributed by atoms with E-state index in [0.717, 1.165) is 42.9 Å². The molecular formula is C22H26N2O2S. The summed E-state index contributed by atoms with van der Waals surface area (Å²) in [6.45, 7) is 1.61. The number of carbonyl (C=O) groups excluding carboxylic acids is 2. The largest absolute Gasteiger partial charge is 0.342 e. The summed E-state index contributed by atoms with van der Waals surface area (Å²) in [7, 11) is 0. The Morgan fingerprint density at radius 3 is 2.26 bits per heavy atom. The first-order chi connectivity index (χ1) is 13.2. The fraction of sp³-hybridized carbons (Fsp3) is 0.364. The summed E-state index contributed by atoms with van der Waals surface area (Å²) >= 11 is 1.59. The van der Waals surface area contributed by atoms with E-state index in [9.17, 15) is 9.59 Å². The standard InChI is InChI=1S/C22H26N2O2S/c25-21(23-19-7-3-1-4-8-19)12-11-18-13-15-24(16-14-18)22(26)17-27-20-9-5-2-6-10-20/h1-10,18H,11-17H2,(H,23,25). The van der Waals surface area contributed by atoms with Crippen molar-refractivity contribution in [3.8, 4) is 0 Å². The number of thioether (sulfide) groups is 1. The maximum atomic E-state index is 12.4. The zero-order valence-electron chi connectivity index (χ0n) is 15.5. The average Bonchev–Trinajstić information content (AvgIpc) is 2.72. The smallest absolute Gasteiger partial charge is 0.232 e. The maximum absolute atomic E-state index is 12.4. The second kappa shape index (κ2) is 10.2. The Hall–Kier alpha value is -2.27. The molecule has 0 aliphatic carbocycles. The second-order valence-corrected chi connectivity index (χ2v) is 7.93. The predicted molar refractivity (Wildman–Crippen MR) is 111 cm³/mol. The molecule has 3 rings (SSSR count). The highest BCUT2D eigenvalue weighted by molar-refractivity contribution is 8.00. The van der Waals surface area contributed by atoms with Gasteiger partial charge in [-0.1, -0.05) is 36.4 Å². The van der Waals surface area contributed by atoms with E-state index in [4.69, 9.17) is 0 Å². The third-order valence-electron chi connectivity index (χ3n) is 4.91. The molecule has 2 aromatic rings. The van der Waals surface area contributed by atoms with Gasteiger partial charge in [-0.2, -0.15) is 0 Å². The van der Waals surface area contributed by atoms with E-state index in [-0.39, 0.29) is 11.8 Å². The van der Waals surface area contributed by atoms with Gasteiger partial charge in [-0.05, 0) is 49.4 Å². The number of anilines is 1. The van der Waals surface area contributed by atoms with Crippen LogP contribution in [0.5, 0.6) is 0 Å². The highest BCUT2D eigenvalue weighted by Crippen LogP contribution is 2.24. The summed E-state index contributed by atoms with van der Waals surface area (Å²) < 4.78 is 0. The number of likely N-dealkylation sites (tertiary alicyclic amines) is 1. The van der Waals surface area contributed by atoms with E-state index < -0.39 is 0 Å². The molecule has 0 bridgehead atoms. The molecule has 2 amide bonds. The van der Waals surface area contributed by atoms with Crippen molar-refractivity contribution < 1.29 is 9.59 Å². The Morgan fingerprint density at radius 1 is 0.963 bits per heavy atom. The molecule has 2 aromatic carbocycles. The van der Waals surface area contributed by atoms with E-state index in [1.54, 1.807) is 11.8 Å². The molecule has 1 N–H and O–H groups in total. The number of nitrogens with zero attached hydrogens (tertiary/aromatic N) is 1. The van der Waals surface area contributed by atoms with Crippen molar-refractivity contribution in [2.75, 3.05) is 24.2 Å². The minimum absolute atomic E-state index is 0.0685. The predicted octanol–water partition coefficient (Wildman–Crippen LogP) is 4.44. The van der Waals surface area contributed by atoms with Crippen molar-refractivity contribution >= 4 is 29.3 Å². The Labute approximate surface area is 165 Å². The molecule has 1 aliphatic heterocycles. The summed E-state index contributed by atoms with van der Waals surface area (Å²) in [5.74, 6) is 1.30. The lowest BCUT2D eigenvalue weighted by Crippen LogP contribution is -2.39. The molecule has 0 aromatic heterocycles. The number of amides is 2. The molecule has 0 saturated carbocycles. The first kappa shape index (κ1) is 19.5. The van der Waals surface area contributed by atoms with Crippen LogP contribution in [-0.2, 0) is 9.59 Å². The average molecular weight is 383 g/mol. The fourth-order valence-corrected chi connectivity index (χ4v) is 4.13. The summed E-state index contributed by atoms with van der Waals surface area (Å²) in [6.07, 6.45) is 3.40. The number of benzene rings is 2. The molecule has 27 heavy (non-hydrogen) atoms. The molecule has 1 heterocycles. The zero-order chi connectivity index (χ0) is 18.9. The van der Waals surface area contributed by atoms with Gasteiger partial charge in [-0.25, -0.2) is 0 Å². The lowest BCUT2D eigenvalue weighted by molar-refractivity contribution is -0.130. The number of carbonyl (C=O) groups is 2. The Kier molecular flexibility index (Phi) is 7.34. The summed E-state index contributed by atoms with van der Waals surface area (Å²) in [4.78, 5) is 27.6. The zero-order valence-corrected chi connectivity index (χ0v) is 16.3. The molecule has 0 spiro atoms. The van der Waals surface area contributed by atoms with Crippen LogP contribution in [0.25, 0.3) is 0 Å². The van der Waals surface area contributed by atoms with Gasteiger partial charge in [0.05, 0.1) is 5.75 Å². The molecule has 142 valence electrons. The Morgan fingerprint density at radius 2 is 1.59 bits per heavy atom. The van der Waals surface area contributed by atoms with Crippen LogP contribution in [0, 0.1) is 5.92 Å². The lowest BCUT2D eigenvalue weighted by atomic mass is 9.92. The van der Waals surface area contributed by atoms with Gasteiger partial charge in [-0.15, -0.1) is 11.8 Å². The molecule has 5 heteroatoms. The summed E-state index contributed by atoms with van der Waals surface area (Å²) in [5.41, 5.74) is 0.846. The van der Waals surface area contributed by atoms with E-state index in [2.05, 4.69) is 5.32 Å². The normalized spacial score (nSPS) is 14.7. The van der Waals surface area contributed by atoms with Crippen LogP contribution < -0.4 is 5.32 Å². The SMILES string of the molecule is O=C(CCC1CCN(C(=O)CSc2ccccc2)CC1)Nc1ccccc1. The third-order valence-corrected chi connectivity index (χ3v) is 5.91. The highest BCUT2D eigenvalue weighted by Gasteiger charge is 2.23. The first-order valence-corrected chi connectivity index (χ1v) is 10.5.